The summed E-state index contributed by atoms with van der Waals surface area (Å²) in [5.74, 6) is 0.0238. The molecule has 0 unspecified atom stereocenters. The monoisotopic (exact) mass is 250 g/mol. The molecule has 0 aliphatic heterocycles. The standard InChI is InChI=1S/C14H22N2O2/c1-3-8-15-10-14(17)16-9-12-6-4-5-7-13(12)11-18-2/h4-7,15H,3,8-11H2,1-2H3,(H,16,17). The zero-order valence-corrected chi connectivity index (χ0v) is 11.2. The number of rotatable bonds is 8. The first-order valence-corrected chi connectivity index (χ1v) is 6.31. The first kappa shape index (κ1) is 14.7. The van der Waals surface area contributed by atoms with Gasteiger partial charge < -0.3 is 15.4 Å². The number of hydrogen-bond acceptors (Lipinski definition) is 3. The second-order valence-electron chi connectivity index (χ2n) is 4.16. The molecule has 0 aliphatic rings. The third kappa shape index (κ3) is 5.29. The first-order chi connectivity index (χ1) is 8.77. The third-order valence-corrected chi connectivity index (χ3v) is 2.61. The van der Waals surface area contributed by atoms with Crippen LogP contribution in [0.1, 0.15) is 24.5 Å². The molecule has 100 valence electrons. The number of hydrogen-bond donors (Lipinski definition) is 2. The summed E-state index contributed by atoms with van der Waals surface area (Å²) >= 11 is 0. The fraction of sp³-hybridized carbons (Fsp3) is 0.500. The number of ether oxygens (including phenoxy) is 1. The number of carbonyl (C=O) groups excluding carboxylic acids is 1. The fourth-order valence-corrected chi connectivity index (χ4v) is 1.66. The molecule has 4 heteroatoms. The molecule has 0 spiro atoms. The largest absolute Gasteiger partial charge is 0.380 e. The van der Waals surface area contributed by atoms with Gasteiger partial charge in [-0.2, -0.15) is 0 Å². The van der Waals surface area contributed by atoms with E-state index in [2.05, 4.69) is 17.6 Å². The van der Waals surface area contributed by atoms with Gasteiger partial charge in [0.1, 0.15) is 0 Å². The lowest BCUT2D eigenvalue weighted by Gasteiger charge is -2.10. The number of carbonyl (C=O) groups is 1. The van der Waals surface area contributed by atoms with Crippen LogP contribution in [0.25, 0.3) is 0 Å². The molecular weight excluding hydrogens is 228 g/mol. The Bertz CT molecular complexity index is 367. The van der Waals surface area contributed by atoms with E-state index in [-0.39, 0.29) is 5.91 Å². The summed E-state index contributed by atoms with van der Waals surface area (Å²) in [4.78, 5) is 11.6. The highest BCUT2D eigenvalue weighted by Gasteiger charge is 2.04. The van der Waals surface area contributed by atoms with Crippen molar-refractivity contribution in [3.8, 4) is 0 Å². The molecule has 0 atom stereocenters. The van der Waals surface area contributed by atoms with E-state index in [1.165, 1.54) is 0 Å². The minimum atomic E-state index is 0.0238. The molecule has 0 saturated heterocycles. The van der Waals surface area contributed by atoms with E-state index in [4.69, 9.17) is 4.74 Å². The molecule has 0 fully saturated rings. The lowest BCUT2D eigenvalue weighted by Crippen LogP contribution is -2.33. The van der Waals surface area contributed by atoms with Crippen molar-refractivity contribution >= 4 is 5.91 Å². The van der Waals surface area contributed by atoms with Gasteiger partial charge in [0.2, 0.25) is 5.91 Å². The van der Waals surface area contributed by atoms with Crippen molar-refractivity contribution in [3.63, 3.8) is 0 Å². The quantitative estimate of drug-likeness (QED) is 0.687. The minimum Gasteiger partial charge on any atom is -0.380 e. The van der Waals surface area contributed by atoms with Crippen LogP contribution in [0.2, 0.25) is 0 Å². The van der Waals surface area contributed by atoms with E-state index in [9.17, 15) is 4.79 Å². The van der Waals surface area contributed by atoms with Crippen molar-refractivity contribution < 1.29 is 9.53 Å². The maximum atomic E-state index is 11.6. The molecule has 1 aromatic carbocycles. The normalized spacial score (nSPS) is 10.3. The molecule has 0 heterocycles. The van der Waals surface area contributed by atoms with Crippen molar-refractivity contribution in [2.75, 3.05) is 20.2 Å². The van der Waals surface area contributed by atoms with Gasteiger partial charge in [-0.25, -0.2) is 0 Å². The predicted molar refractivity (Wildman–Crippen MR) is 72.2 cm³/mol. The summed E-state index contributed by atoms with van der Waals surface area (Å²) in [5.41, 5.74) is 2.21. The minimum absolute atomic E-state index is 0.0238. The van der Waals surface area contributed by atoms with E-state index >= 15 is 0 Å². The highest BCUT2D eigenvalue weighted by Crippen LogP contribution is 2.09. The SMILES string of the molecule is CCCNCC(=O)NCc1ccccc1COC. The molecule has 2 N–H and O–H groups in total. The molecule has 1 rings (SSSR count). The number of benzene rings is 1. The zero-order chi connectivity index (χ0) is 13.2. The number of nitrogens with one attached hydrogen (secondary N) is 2. The lowest BCUT2D eigenvalue weighted by molar-refractivity contribution is -0.120. The lowest BCUT2D eigenvalue weighted by atomic mass is 10.1. The van der Waals surface area contributed by atoms with Crippen LogP contribution >= 0.6 is 0 Å². The van der Waals surface area contributed by atoms with Gasteiger partial charge in [-0.15, -0.1) is 0 Å². The van der Waals surface area contributed by atoms with E-state index < -0.39 is 0 Å². The summed E-state index contributed by atoms with van der Waals surface area (Å²) in [6, 6.07) is 7.97. The average molecular weight is 250 g/mol. The van der Waals surface area contributed by atoms with Crippen molar-refractivity contribution in [1.29, 1.82) is 0 Å². The van der Waals surface area contributed by atoms with E-state index in [1.54, 1.807) is 7.11 Å². The summed E-state index contributed by atoms with van der Waals surface area (Å²) in [5, 5.41) is 5.97. The maximum Gasteiger partial charge on any atom is 0.234 e. The van der Waals surface area contributed by atoms with Crippen LogP contribution in [0.15, 0.2) is 24.3 Å². The summed E-state index contributed by atoms with van der Waals surface area (Å²) in [7, 11) is 1.67. The first-order valence-electron chi connectivity index (χ1n) is 6.31. The molecule has 0 aromatic heterocycles. The zero-order valence-electron chi connectivity index (χ0n) is 11.2. The van der Waals surface area contributed by atoms with Gasteiger partial charge in [0.25, 0.3) is 0 Å². The summed E-state index contributed by atoms with van der Waals surface area (Å²) < 4.78 is 5.13. The van der Waals surface area contributed by atoms with Crippen molar-refractivity contribution in [2.24, 2.45) is 0 Å². The Morgan fingerprint density at radius 1 is 1.28 bits per heavy atom. The maximum absolute atomic E-state index is 11.6. The molecule has 4 nitrogen and oxygen atoms in total. The van der Waals surface area contributed by atoms with E-state index in [1.807, 2.05) is 24.3 Å². The molecule has 1 aromatic rings. The number of methoxy groups -OCH3 is 1. The summed E-state index contributed by atoms with van der Waals surface area (Å²) in [6.45, 7) is 4.44. The van der Waals surface area contributed by atoms with Crippen LogP contribution in [0.3, 0.4) is 0 Å². The Kier molecular flexibility index (Phi) is 7.06. The third-order valence-electron chi connectivity index (χ3n) is 2.61. The fourth-order valence-electron chi connectivity index (χ4n) is 1.66. The molecule has 0 saturated carbocycles. The van der Waals surface area contributed by atoms with Gasteiger partial charge >= 0.3 is 0 Å². The van der Waals surface area contributed by atoms with Crippen molar-refractivity contribution in [1.82, 2.24) is 10.6 Å². The topological polar surface area (TPSA) is 50.4 Å². The molecule has 18 heavy (non-hydrogen) atoms. The van der Waals surface area contributed by atoms with E-state index in [0.717, 1.165) is 24.1 Å². The van der Waals surface area contributed by atoms with Crippen LogP contribution in [0, 0.1) is 0 Å². The molecule has 1 amide bonds. The van der Waals surface area contributed by atoms with Crippen molar-refractivity contribution in [3.05, 3.63) is 35.4 Å². The second-order valence-corrected chi connectivity index (χ2v) is 4.16. The van der Waals surface area contributed by atoms with Gasteiger partial charge in [-0.1, -0.05) is 31.2 Å². The van der Waals surface area contributed by atoms with Gasteiger partial charge in [0.05, 0.1) is 13.2 Å². The van der Waals surface area contributed by atoms with Crippen LogP contribution in [0.5, 0.6) is 0 Å². The van der Waals surface area contributed by atoms with Crippen LogP contribution in [-0.4, -0.2) is 26.1 Å². The highest BCUT2D eigenvalue weighted by atomic mass is 16.5. The van der Waals surface area contributed by atoms with Crippen LogP contribution in [-0.2, 0) is 22.7 Å². The average Bonchev–Trinajstić information content (AvgIpc) is 2.38. The Labute approximate surface area is 109 Å². The molecular formula is C14H22N2O2. The Hall–Kier alpha value is -1.39. The highest BCUT2D eigenvalue weighted by molar-refractivity contribution is 5.77. The Morgan fingerprint density at radius 3 is 2.67 bits per heavy atom. The van der Waals surface area contributed by atoms with Gasteiger partial charge in [0.15, 0.2) is 0 Å². The number of amides is 1. The Morgan fingerprint density at radius 2 is 2.00 bits per heavy atom. The summed E-state index contributed by atoms with van der Waals surface area (Å²) in [6.07, 6.45) is 1.03. The molecule has 0 bridgehead atoms. The second kappa shape index (κ2) is 8.66. The van der Waals surface area contributed by atoms with Crippen molar-refractivity contribution in [2.45, 2.75) is 26.5 Å². The van der Waals surface area contributed by atoms with Crippen LogP contribution < -0.4 is 10.6 Å². The van der Waals surface area contributed by atoms with E-state index in [0.29, 0.717) is 19.7 Å². The van der Waals surface area contributed by atoms with Gasteiger partial charge in [-0.05, 0) is 24.1 Å². The smallest absolute Gasteiger partial charge is 0.234 e. The van der Waals surface area contributed by atoms with Gasteiger partial charge in [0, 0.05) is 13.7 Å². The van der Waals surface area contributed by atoms with Gasteiger partial charge in [-0.3, -0.25) is 4.79 Å². The predicted octanol–water partition coefficient (Wildman–Crippen LogP) is 1.45. The molecule has 0 radical (unpaired) electrons. The van der Waals surface area contributed by atoms with Crippen LogP contribution in [0.4, 0.5) is 0 Å². The Balaban J connectivity index is 2.40. The molecule has 0 aliphatic carbocycles.